The van der Waals surface area contributed by atoms with E-state index in [9.17, 15) is 9.59 Å². The van der Waals surface area contributed by atoms with Gasteiger partial charge in [0.15, 0.2) is 5.17 Å². The van der Waals surface area contributed by atoms with Gasteiger partial charge in [0.25, 0.3) is 5.91 Å². The normalized spacial score (nSPS) is 16.4. The zero-order valence-electron chi connectivity index (χ0n) is 18.8. The molecule has 2 aliphatic heterocycles. The average molecular weight is 469 g/mol. The van der Waals surface area contributed by atoms with E-state index in [0.29, 0.717) is 17.4 Å². The molecule has 5 rings (SSSR count). The van der Waals surface area contributed by atoms with Crippen LogP contribution in [-0.4, -0.2) is 39.5 Å². The van der Waals surface area contributed by atoms with Gasteiger partial charge in [-0.1, -0.05) is 73.3 Å². The van der Waals surface area contributed by atoms with Gasteiger partial charge in [-0.2, -0.15) is 0 Å². The van der Waals surface area contributed by atoms with Crippen LogP contribution < -0.4 is 5.32 Å². The van der Waals surface area contributed by atoms with Crippen molar-refractivity contribution < 1.29 is 9.59 Å². The molecule has 0 saturated carbocycles. The lowest BCUT2D eigenvalue weighted by Gasteiger charge is -2.25. The first kappa shape index (κ1) is 22.1. The Morgan fingerprint density at radius 1 is 0.971 bits per heavy atom. The smallest absolute Gasteiger partial charge is 0.259 e. The van der Waals surface area contributed by atoms with Crippen molar-refractivity contribution in [3.05, 3.63) is 95.6 Å². The number of carbonyl (C=O) groups excluding carboxylic acids is 2. The Morgan fingerprint density at radius 3 is 2.47 bits per heavy atom. The molecule has 0 bridgehead atoms. The van der Waals surface area contributed by atoms with E-state index in [2.05, 4.69) is 12.2 Å². The number of aryl methyl sites for hydroxylation is 1. The van der Waals surface area contributed by atoms with Crippen molar-refractivity contribution in [1.82, 2.24) is 4.90 Å². The van der Waals surface area contributed by atoms with Crippen LogP contribution >= 0.6 is 11.8 Å². The topological polar surface area (TPSA) is 74.1 Å². The maximum Gasteiger partial charge on any atom is 0.259 e. The van der Waals surface area contributed by atoms with E-state index < -0.39 is 6.04 Å². The van der Waals surface area contributed by atoms with E-state index in [1.165, 1.54) is 17.3 Å². The summed E-state index contributed by atoms with van der Waals surface area (Å²) >= 11 is 1.25. The van der Waals surface area contributed by atoms with Crippen LogP contribution in [-0.2, 0) is 22.4 Å². The molecule has 0 aliphatic carbocycles. The molecular weight excluding hydrogens is 444 g/mol. The average Bonchev–Trinajstić information content (AvgIpc) is 3.20. The minimum Gasteiger partial charge on any atom is -0.325 e. The third kappa shape index (κ3) is 4.52. The van der Waals surface area contributed by atoms with Gasteiger partial charge in [0, 0.05) is 17.7 Å². The van der Waals surface area contributed by atoms with E-state index in [-0.39, 0.29) is 17.6 Å². The van der Waals surface area contributed by atoms with Gasteiger partial charge in [0.05, 0.1) is 11.4 Å². The number of amides is 2. The summed E-state index contributed by atoms with van der Waals surface area (Å²) in [4.78, 5) is 37.1. The Kier molecular flexibility index (Phi) is 6.27. The fraction of sp³-hybridized carbons (Fsp3) is 0.185. The van der Waals surface area contributed by atoms with Crippen LogP contribution in [0.15, 0.2) is 88.8 Å². The molecule has 0 radical (unpaired) electrons. The van der Waals surface area contributed by atoms with E-state index in [1.54, 1.807) is 4.90 Å². The zero-order valence-corrected chi connectivity index (χ0v) is 19.6. The number of amidine groups is 2. The first-order valence-corrected chi connectivity index (χ1v) is 12.3. The summed E-state index contributed by atoms with van der Waals surface area (Å²) in [5.74, 6) is 0.475. The lowest BCUT2D eigenvalue weighted by Crippen LogP contribution is -2.41. The van der Waals surface area contributed by atoms with Gasteiger partial charge in [-0.15, -0.1) is 0 Å². The number of rotatable bonds is 6. The number of anilines is 1. The predicted molar refractivity (Wildman–Crippen MR) is 138 cm³/mol. The molecule has 1 atom stereocenters. The first-order valence-electron chi connectivity index (χ1n) is 11.3. The molecule has 1 unspecified atom stereocenters. The molecule has 0 saturated heterocycles. The van der Waals surface area contributed by atoms with Gasteiger partial charge in [-0.3, -0.25) is 14.6 Å². The number of fused-ring (bicyclic) bond motifs is 3. The number of nitrogens with zero attached hydrogens (tertiary/aromatic N) is 3. The SMILES string of the molecule is CCc1ccc(NC(=O)CSC2=Nc3ccccc3C3=NC(Cc4ccccc4)C(=O)N23)cc1. The fourth-order valence-electron chi connectivity index (χ4n) is 4.02. The molecule has 0 aromatic heterocycles. The van der Waals surface area contributed by atoms with Gasteiger partial charge in [0.1, 0.15) is 11.9 Å². The lowest BCUT2D eigenvalue weighted by atomic mass is 10.1. The van der Waals surface area contributed by atoms with Gasteiger partial charge in [-0.05, 0) is 41.8 Å². The quantitative estimate of drug-likeness (QED) is 0.564. The Morgan fingerprint density at radius 2 is 1.71 bits per heavy atom. The number of hydrogen-bond acceptors (Lipinski definition) is 5. The van der Waals surface area contributed by atoms with E-state index in [0.717, 1.165) is 28.9 Å². The van der Waals surface area contributed by atoms with E-state index in [4.69, 9.17) is 9.98 Å². The number of aliphatic imine (C=N–C) groups is 2. The van der Waals surface area contributed by atoms with Crippen molar-refractivity contribution in [3.8, 4) is 0 Å². The fourth-order valence-corrected chi connectivity index (χ4v) is 4.82. The Balaban J connectivity index is 1.34. The summed E-state index contributed by atoms with van der Waals surface area (Å²) in [5.41, 5.74) is 4.60. The van der Waals surface area contributed by atoms with Gasteiger partial charge in [-0.25, -0.2) is 9.89 Å². The van der Waals surface area contributed by atoms with Crippen LogP contribution in [0.3, 0.4) is 0 Å². The number of hydrogen-bond donors (Lipinski definition) is 1. The Labute approximate surface area is 202 Å². The molecule has 34 heavy (non-hydrogen) atoms. The molecule has 7 heteroatoms. The van der Waals surface area contributed by atoms with Crippen molar-refractivity contribution in [2.45, 2.75) is 25.8 Å². The minimum absolute atomic E-state index is 0.116. The molecule has 3 aromatic carbocycles. The molecule has 1 N–H and O–H groups in total. The molecule has 2 heterocycles. The molecule has 3 aromatic rings. The number of thioether (sulfide) groups is 1. The molecular formula is C27H24N4O2S. The summed E-state index contributed by atoms with van der Waals surface area (Å²) in [5, 5.41) is 3.40. The largest absolute Gasteiger partial charge is 0.325 e. The number of para-hydroxylation sites is 1. The Bertz CT molecular complexity index is 1290. The summed E-state index contributed by atoms with van der Waals surface area (Å²) < 4.78 is 0. The highest BCUT2D eigenvalue weighted by Gasteiger charge is 2.41. The van der Waals surface area contributed by atoms with E-state index in [1.807, 2.05) is 78.9 Å². The maximum atomic E-state index is 13.4. The lowest BCUT2D eigenvalue weighted by molar-refractivity contribution is -0.124. The second-order valence-corrected chi connectivity index (χ2v) is 9.07. The monoisotopic (exact) mass is 468 g/mol. The summed E-state index contributed by atoms with van der Waals surface area (Å²) in [7, 11) is 0. The first-order chi connectivity index (χ1) is 16.6. The van der Waals surface area contributed by atoms with Crippen LogP contribution in [0.25, 0.3) is 0 Å². The second kappa shape index (κ2) is 9.65. The van der Waals surface area contributed by atoms with Crippen molar-refractivity contribution in [2.24, 2.45) is 9.98 Å². The summed E-state index contributed by atoms with van der Waals surface area (Å²) in [6.45, 7) is 2.09. The number of benzene rings is 3. The van der Waals surface area contributed by atoms with Crippen molar-refractivity contribution in [2.75, 3.05) is 11.1 Å². The van der Waals surface area contributed by atoms with Gasteiger partial charge < -0.3 is 5.32 Å². The molecule has 0 spiro atoms. The summed E-state index contributed by atoms with van der Waals surface area (Å²) in [6, 6.07) is 24.8. The minimum atomic E-state index is -0.514. The highest BCUT2D eigenvalue weighted by atomic mass is 32.2. The van der Waals surface area contributed by atoms with Crippen LogP contribution in [0.5, 0.6) is 0 Å². The molecule has 2 amide bonds. The standard InChI is InChI=1S/C27H24N4O2S/c1-2-18-12-14-20(15-13-18)28-24(32)17-34-27-30-22-11-7-6-10-21(22)25-29-23(26(33)31(25)27)16-19-8-4-3-5-9-19/h3-15,23H,2,16-17H2,1H3,(H,28,32). The second-order valence-electron chi connectivity index (χ2n) is 8.13. The van der Waals surface area contributed by atoms with Crippen LogP contribution in [0, 0.1) is 0 Å². The zero-order chi connectivity index (χ0) is 23.5. The summed E-state index contributed by atoms with van der Waals surface area (Å²) in [6.07, 6.45) is 1.47. The third-order valence-corrected chi connectivity index (χ3v) is 6.74. The van der Waals surface area contributed by atoms with Gasteiger partial charge >= 0.3 is 0 Å². The third-order valence-electron chi connectivity index (χ3n) is 5.80. The molecule has 6 nitrogen and oxygen atoms in total. The van der Waals surface area contributed by atoms with Crippen LogP contribution in [0.2, 0.25) is 0 Å². The van der Waals surface area contributed by atoms with Crippen molar-refractivity contribution in [3.63, 3.8) is 0 Å². The van der Waals surface area contributed by atoms with E-state index >= 15 is 0 Å². The molecule has 2 aliphatic rings. The predicted octanol–water partition coefficient (Wildman–Crippen LogP) is 4.82. The molecule has 170 valence electrons. The number of carbonyl (C=O) groups is 2. The number of nitrogens with one attached hydrogen (secondary N) is 1. The maximum absolute atomic E-state index is 13.4. The van der Waals surface area contributed by atoms with Crippen molar-refractivity contribution >= 4 is 46.0 Å². The van der Waals surface area contributed by atoms with Crippen molar-refractivity contribution in [1.29, 1.82) is 0 Å². The van der Waals surface area contributed by atoms with Crippen LogP contribution in [0.4, 0.5) is 11.4 Å². The highest BCUT2D eigenvalue weighted by molar-refractivity contribution is 8.14. The molecule has 0 fully saturated rings. The highest BCUT2D eigenvalue weighted by Crippen LogP contribution is 2.34. The van der Waals surface area contributed by atoms with Gasteiger partial charge in [0.2, 0.25) is 5.91 Å². The van der Waals surface area contributed by atoms with Crippen LogP contribution in [0.1, 0.15) is 23.6 Å². The Hall–Kier alpha value is -3.71.